The zero-order chi connectivity index (χ0) is 24.5. The average Bonchev–Trinajstić information content (AvgIpc) is 2.90. The van der Waals surface area contributed by atoms with Gasteiger partial charge in [-0.3, -0.25) is 4.90 Å². The summed E-state index contributed by atoms with van der Waals surface area (Å²) in [7, 11) is 0. The summed E-state index contributed by atoms with van der Waals surface area (Å²) in [5.74, 6) is -0.607. The molecule has 0 spiro atoms. The number of nitrogens with one attached hydrogen (secondary N) is 1. The van der Waals surface area contributed by atoms with Gasteiger partial charge in [0.15, 0.2) is 0 Å². The molecule has 4 rings (SSSR count). The summed E-state index contributed by atoms with van der Waals surface area (Å²) in [6.07, 6.45) is 2.84. The zero-order valence-electron chi connectivity index (χ0n) is 20.0. The number of hydrogen-bond acceptors (Lipinski definition) is 4. The number of rotatable bonds is 11. The van der Waals surface area contributed by atoms with Gasteiger partial charge in [0.2, 0.25) is 0 Å². The van der Waals surface area contributed by atoms with Crippen LogP contribution in [0.25, 0.3) is 0 Å². The van der Waals surface area contributed by atoms with Crippen molar-refractivity contribution in [2.24, 2.45) is 0 Å². The lowest BCUT2D eigenvalue weighted by molar-refractivity contribution is -0.128. The van der Waals surface area contributed by atoms with E-state index in [0.717, 1.165) is 62.1 Å². The normalized spacial score (nSPS) is 16.3. The van der Waals surface area contributed by atoms with E-state index in [1.807, 2.05) is 30.3 Å². The molecule has 0 aromatic heterocycles. The van der Waals surface area contributed by atoms with Gasteiger partial charge >= 0.3 is 0 Å². The topological polar surface area (TPSA) is 44.7 Å². The van der Waals surface area contributed by atoms with Crippen molar-refractivity contribution in [1.82, 2.24) is 10.2 Å². The van der Waals surface area contributed by atoms with Crippen LogP contribution in [0, 0.1) is 11.6 Å². The smallest absolute Gasteiger partial charge is 0.144 e. The van der Waals surface area contributed by atoms with Crippen LogP contribution in [0.3, 0.4) is 0 Å². The maximum Gasteiger partial charge on any atom is 0.144 e. The Kier molecular flexibility index (Phi) is 8.99. The number of aliphatic hydroxyl groups is 1. The van der Waals surface area contributed by atoms with Crippen molar-refractivity contribution in [1.29, 1.82) is 0 Å². The summed E-state index contributed by atoms with van der Waals surface area (Å²) in [5, 5.41) is 15.1. The number of unbranched alkanes of at least 4 members (excludes halogenated alkanes) is 2. The molecule has 6 heteroatoms. The van der Waals surface area contributed by atoms with E-state index in [4.69, 9.17) is 4.74 Å². The number of piperazine rings is 1. The van der Waals surface area contributed by atoms with Crippen LogP contribution >= 0.6 is 0 Å². The Hall–Kier alpha value is -2.64. The SMILES string of the molecule is OC(CCCCCOC(c1ccc(F)cc1)c1ccc(F)cc1)(c1ccccc1)N1CCNCC1. The molecule has 0 radical (unpaired) electrons. The predicted octanol–water partition coefficient (Wildman–Crippen LogP) is 5.38. The number of halogens is 2. The van der Waals surface area contributed by atoms with E-state index < -0.39 is 11.8 Å². The highest BCUT2D eigenvalue weighted by Gasteiger charge is 2.36. The predicted molar refractivity (Wildman–Crippen MR) is 134 cm³/mol. The van der Waals surface area contributed by atoms with E-state index in [1.54, 1.807) is 24.3 Å². The largest absolute Gasteiger partial charge is 0.371 e. The number of hydrogen-bond donors (Lipinski definition) is 2. The molecule has 1 fully saturated rings. The van der Waals surface area contributed by atoms with Crippen LogP contribution in [-0.2, 0) is 10.5 Å². The van der Waals surface area contributed by atoms with Crippen LogP contribution in [0.1, 0.15) is 48.5 Å². The molecular weight excluding hydrogens is 446 g/mol. The molecule has 0 amide bonds. The van der Waals surface area contributed by atoms with Crippen LogP contribution in [0.4, 0.5) is 8.78 Å². The maximum absolute atomic E-state index is 13.4. The molecule has 186 valence electrons. The van der Waals surface area contributed by atoms with E-state index >= 15 is 0 Å². The molecular formula is C29H34F2N2O2. The van der Waals surface area contributed by atoms with Crippen molar-refractivity contribution in [3.8, 4) is 0 Å². The molecule has 1 aliphatic rings. The lowest BCUT2D eigenvalue weighted by Crippen LogP contribution is -2.54. The first-order valence-corrected chi connectivity index (χ1v) is 12.4. The first-order valence-electron chi connectivity index (χ1n) is 12.4. The molecule has 1 atom stereocenters. The molecule has 2 N–H and O–H groups in total. The average molecular weight is 481 g/mol. The fraction of sp³-hybridized carbons (Fsp3) is 0.379. The van der Waals surface area contributed by atoms with E-state index in [0.29, 0.717) is 13.0 Å². The molecule has 4 nitrogen and oxygen atoms in total. The third-order valence-corrected chi connectivity index (χ3v) is 6.68. The van der Waals surface area contributed by atoms with Crippen molar-refractivity contribution in [3.63, 3.8) is 0 Å². The van der Waals surface area contributed by atoms with Gasteiger partial charge in [0.05, 0.1) is 0 Å². The Labute approximate surface area is 206 Å². The highest BCUT2D eigenvalue weighted by molar-refractivity contribution is 5.30. The molecule has 0 aliphatic carbocycles. The first kappa shape index (κ1) is 25.5. The van der Waals surface area contributed by atoms with Gasteiger partial charge in [-0.25, -0.2) is 8.78 Å². The van der Waals surface area contributed by atoms with Crippen molar-refractivity contribution in [2.45, 2.75) is 37.5 Å². The molecule has 1 saturated heterocycles. The first-order chi connectivity index (χ1) is 17.1. The summed E-state index contributed by atoms with van der Waals surface area (Å²) < 4.78 is 33.1. The van der Waals surface area contributed by atoms with Crippen molar-refractivity contribution in [2.75, 3.05) is 32.8 Å². The molecule has 35 heavy (non-hydrogen) atoms. The number of nitrogens with zero attached hydrogens (tertiary/aromatic N) is 1. The number of ether oxygens (including phenoxy) is 1. The fourth-order valence-electron chi connectivity index (χ4n) is 4.74. The van der Waals surface area contributed by atoms with E-state index in [2.05, 4.69) is 10.2 Å². The monoisotopic (exact) mass is 480 g/mol. The summed E-state index contributed by atoms with van der Waals surface area (Å²) in [4.78, 5) is 2.18. The van der Waals surface area contributed by atoms with Gasteiger partial charge in [0, 0.05) is 32.8 Å². The summed E-state index contributed by atoms with van der Waals surface area (Å²) in [5.41, 5.74) is 1.62. The van der Waals surface area contributed by atoms with Crippen LogP contribution in [-0.4, -0.2) is 42.8 Å². The van der Waals surface area contributed by atoms with Crippen LogP contribution < -0.4 is 5.32 Å². The van der Waals surface area contributed by atoms with E-state index in [1.165, 1.54) is 24.3 Å². The molecule has 3 aromatic carbocycles. The second-order valence-corrected chi connectivity index (χ2v) is 9.08. The van der Waals surface area contributed by atoms with Gasteiger partial charge in [-0.2, -0.15) is 0 Å². The Morgan fingerprint density at radius 2 is 1.37 bits per heavy atom. The van der Waals surface area contributed by atoms with Gasteiger partial charge < -0.3 is 15.2 Å². The minimum Gasteiger partial charge on any atom is -0.371 e. The minimum atomic E-state index is -0.977. The second kappa shape index (κ2) is 12.4. The Morgan fingerprint density at radius 1 is 0.800 bits per heavy atom. The zero-order valence-corrected chi connectivity index (χ0v) is 20.0. The molecule has 1 unspecified atom stereocenters. The van der Waals surface area contributed by atoms with Crippen molar-refractivity contribution < 1.29 is 18.6 Å². The lowest BCUT2D eigenvalue weighted by Gasteiger charge is -2.42. The standard InChI is InChI=1S/C29H34F2N2O2/c30-26-13-9-23(10-14-26)28(24-11-15-27(31)16-12-24)35-22-6-2-5-17-29(34,25-7-3-1-4-8-25)33-20-18-32-19-21-33/h1,3-4,7-16,28,32,34H,2,5-6,17-22H2. The molecule has 3 aromatic rings. The summed E-state index contributed by atoms with van der Waals surface area (Å²) in [6.45, 7) is 3.88. The highest BCUT2D eigenvalue weighted by atomic mass is 19.1. The third-order valence-electron chi connectivity index (χ3n) is 6.68. The number of benzene rings is 3. The Bertz CT molecular complexity index is 979. The fourth-order valence-corrected chi connectivity index (χ4v) is 4.74. The Morgan fingerprint density at radius 3 is 1.94 bits per heavy atom. The van der Waals surface area contributed by atoms with E-state index in [9.17, 15) is 13.9 Å². The molecule has 1 aliphatic heterocycles. The summed E-state index contributed by atoms with van der Waals surface area (Å²) in [6, 6.07) is 22.4. The van der Waals surface area contributed by atoms with Crippen molar-refractivity contribution >= 4 is 0 Å². The van der Waals surface area contributed by atoms with Crippen LogP contribution in [0.2, 0.25) is 0 Å². The van der Waals surface area contributed by atoms with Gasteiger partial charge in [-0.1, -0.05) is 61.0 Å². The van der Waals surface area contributed by atoms with Crippen LogP contribution in [0.5, 0.6) is 0 Å². The molecule has 0 saturated carbocycles. The highest BCUT2D eigenvalue weighted by Crippen LogP contribution is 2.32. The summed E-state index contributed by atoms with van der Waals surface area (Å²) >= 11 is 0. The van der Waals surface area contributed by atoms with Crippen molar-refractivity contribution in [3.05, 3.63) is 107 Å². The third kappa shape index (κ3) is 6.73. The second-order valence-electron chi connectivity index (χ2n) is 9.08. The lowest BCUT2D eigenvalue weighted by atomic mass is 9.94. The molecule has 0 bridgehead atoms. The maximum atomic E-state index is 13.4. The van der Waals surface area contributed by atoms with Gasteiger partial charge in [0.1, 0.15) is 23.5 Å². The minimum absolute atomic E-state index is 0.304. The van der Waals surface area contributed by atoms with Crippen LogP contribution in [0.15, 0.2) is 78.9 Å². The molecule has 1 heterocycles. The van der Waals surface area contributed by atoms with Gasteiger partial charge in [-0.15, -0.1) is 0 Å². The quantitative estimate of drug-likeness (QED) is 0.362. The van der Waals surface area contributed by atoms with E-state index in [-0.39, 0.29) is 11.6 Å². The van der Waals surface area contributed by atoms with Gasteiger partial charge in [-0.05, 0) is 60.2 Å². The van der Waals surface area contributed by atoms with Gasteiger partial charge in [0.25, 0.3) is 0 Å². The Balaban J connectivity index is 1.34.